The first-order valence-electron chi connectivity index (χ1n) is 6.71. The summed E-state index contributed by atoms with van der Waals surface area (Å²) >= 11 is 0. The zero-order chi connectivity index (χ0) is 15.8. The number of alkyl halides is 3. The number of nitrogens with zero attached hydrogens (tertiary/aromatic N) is 4. The van der Waals surface area contributed by atoms with E-state index in [2.05, 4.69) is 9.97 Å². The molecule has 1 unspecified atom stereocenters. The maximum absolute atomic E-state index is 13.1. The van der Waals surface area contributed by atoms with Gasteiger partial charge in [-0.15, -0.1) is 0 Å². The lowest BCUT2D eigenvalue weighted by Crippen LogP contribution is -2.51. The largest absolute Gasteiger partial charge is 0.392 e. The van der Waals surface area contributed by atoms with E-state index in [0.29, 0.717) is 11.6 Å². The van der Waals surface area contributed by atoms with Crippen LogP contribution in [0.25, 0.3) is 0 Å². The van der Waals surface area contributed by atoms with Crippen molar-refractivity contribution in [2.75, 3.05) is 18.0 Å². The second kappa shape index (κ2) is 5.17. The summed E-state index contributed by atoms with van der Waals surface area (Å²) < 4.78 is 39.2. The molecule has 7 heteroatoms. The Morgan fingerprint density at radius 1 is 1.38 bits per heavy atom. The molecule has 114 valence electrons. The molecule has 1 aromatic heterocycles. The van der Waals surface area contributed by atoms with Gasteiger partial charge in [0, 0.05) is 18.8 Å². The van der Waals surface area contributed by atoms with Crippen molar-refractivity contribution in [2.45, 2.75) is 33.4 Å². The number of nitriles is 1. The molecule has 1 fully saturated rings. The van der Waals surface area contributed by atoms with Gasteiger partial charge in [-0.2, -0.15) is 18.4 Å². The first kappa shape index (κ1) is 15.5. The third-order valence-corrected chi connectivity index (χ3v) is 3.86. The molecule has 0 bridgehead atoms. The van der Waals surface area contributed by atoms with Gasteiger partial charge in [-0.3, -0.25) is 0 Å². The van der Waals surface area contributed by atoms with Gasteiger partial charge >= 0.3 is 6.18 Å². The van der Waals surface area contributed by atoms with E-state index in [0.717, 1.165) is 0 Å². The number of piperidine rings is 1. The SMILES string of the molecule is Cc1cc(C#N)nc(N2CCC(C(F)(F)F)C(C)(C)C2)n1. The van der Waals surface area contributed by atoms with Crippen molar-refractivity contribution in [1.82, 2.24) is 9.97 Å². The highest BCUT2D eigenvalue weighted by molar-refractivity contribution is 5.37. The number of rotatable bonds is 1. The molecule has 2 heterocycles. The molecule has 0 aliphatic carbocycles. The number of halogens is 3. The summed E-state index contributed by atoms with van der Waals surface area (Å²) in [6.07, 6.45) is -4.18. The van der Waals surface area contributed by atoms with E-state index >= 15 is 0 Å². The normalized spacial score (nSPS) is 22.0. The fourth-order valence-electron chi connectivity index (χ4n) is 2.89. The van der Waals surface area contributed by atoms with Crippen LogP contribution in [-0.2, 0) is 0 Å². The summed E-state index contributed by atoms with van der Waals surface area (Å²) in [6.45, 7) is 5.41. The fourth-order valence-corrected chi connectivity index (χ4v) is 2.89. The van der Waals surface area contributed by atoms with Crippen LogP contribution in [0.5, 0.6) is 0 Å². The van der Waals surface area contributed by atoms with E-state index in [1.807, 2.05) is 6.07 Å². The minimum atomic E-state index is -4.19. The third-order valence-electron chi connectivity index (χ3n) is 3.86. The standard InChI is InChI=1S/C14H17F3N4/c1-9-6-10(7-18)20-12(19-9)21-5-4-11(14(15,16)17)13(2,3)8-21/h6,11H,4-5,8H2,1-3H3. The van der Waals surface area contributed by atoms with E-state index in [1.165, 1.54) is 0 Å². The summed E-state index contributed by atoms with van der Waals surface area (Å²) in [5, 5.41) is 8.93. The molecule has 2 rings (SSSR count). The van der Waals surface area contributed by atoms with Gasteiger partial charge < -0.3 is 4.90 Å². The molecule has 0 aromatic carbocycles. The van der Waals surface area contributed by atoms with E-state index in [1.54, 1.807) is 31.7 Å². The van der Waals surface area contributed by atoms with Crippen LogP contribution in [-0.4, -0.2) is 29.2 Å². The maximum atomic E-state index is 13.1. The van der Waals surface area contributed by atoms with Crippen molar-refractivity contribution in [3.63, 3.8) is 0 Å². The zero-order valence-electron chi connectivity index (χ0n) is 12.2. The topological polar surface area (TPSA) is 52.8 Å². The van der Waals surface area contributed by atoms with Gasteiger partial charge in [0.1, 0.15) is 11.8 Å². The summed E-state index contributed by atoms with van der Waals surface area (Å²) in [6, 6.07) is 3.50. The molecule has 0 spiro atoms. The summed E-state index contributed by atoms with van der Waals surface area (Å²) in [4.78, 5) is 10.1. The van der Waals surface area contributed by atoms with Crippen LogP contribution in [0, 0.1) is 29.6 Å². The lowest BCUT2D eigenvalue weighted by atomic mass is 9.73. The van der Waals surface area contributed by atoms with Crippen molar-refractivity contribution in [2.24, 2.45) is 11.3 Å². The fraction of sp³-hybridized carbons (Fsp3) is 0.643. The Labute approximate surface area is 121 Å². The molecule has 1 saturated heterocycles. The smallest absolute Gasteiger partial charge is 0.340 e. The zero-order valence-corrected chi connectivity index (χ0v) is 12.2. The molecule has 1 aliphatic rings. The van der Waals surface area contributed by atoms with Crippen molar-refractivity contribution in [3.05, 3.63) is 17.5 Å². The number of aryl methyl sites for hydroxylation is 1. The molecule has 1 aliphatic heterocycles. The quantitative estimate of drug-likeness (QED) is 0.799. The molecule has 21 heavy (non-hydrogen) atoms. The Morgan fingerprint density at radius 2 is 2.05 bits per heavy atom. The van der Waals surface area contributed by atoms with Crippen molar-refractivity contribution >= 4 is 5.95 Å². The molecule has 0 amide bonds. The predicted molar refractivity (Wildman–Crippen MR) is 71.6 cm³/mol. The van der Waals surface area contributed by atoms with Crippen LogP contribution in [0.3, 0.4) is 0 Å². The minimum absolute atomic E-state index is 0.00961. The van der Waals surface area contributed by atoms with Crippen molar-refractivity contribution in [3.8, 4) is 6.07 Å². The Balaban J connectivity index is 2.26. The Kier molecular flexibility index (Phi) is 3.83. The van der Waals surface area contributed by atoms with Crippen LogP contribution in [0.4, 0.5) is 19.1 Å². The lowest BCUT2D eigenvalue weighted by Gasteiger charge is -2.44. The molecule has 0 radical (unpaired) electrons. The lowest BCUT2D eigenvalue weighted by molar-refractivity contribution is -0.206. The van der Waals surface area contributed by atoms with E-state index < -0.39 is 17.5 Å². The second-order valence-electron chi connectivity index (χ2n) is 6.10. The molecule has 4 nitrogen and oxygen atoms in total. The van der Waals surface area contributed by atoms with E-state index in [4.69, 9.17) is 5.26 Å². The van der Waals surface area contributed by atoms with Crippen LogP contribution < -0.4 is 4.90 Å². The first-order valence-corrected chi connectivity index (χ1v) is 6.71. The molecule has 1 atom stereocenters. The first-order chi connectivity index (χ1) is 9.63. The third kappa shape index (κ3) is 3.26. The number of hydrogen-bond acceptors (Lipinski definition) is 4. The average Bonchev–Trinajstić information content (AvgIpc) is 2.35. The van der Waals surface area contributed by atoms with Crippen LogP contribution in [0.1, 0.15) is 31.7 Å². The average molecular weight is 298 g/mol. The summed E-state index contributed by atoms with van der Waals surface area (Å²) in [5.41, 5.74) is -0.0586. The highest BCUT2D eigenvalue weighted by Gasteiger charge is 2.51. The maximum Gasteiger partial charge on any atom is 0.392 e. The molecular weight excluding hydrogens is 281 g/mol. The predicted octanol–water partition coefficient (Wildman–Crippen LogP) is 3.07. The summed E-state index contributed by atoms with van der Waals surface area (Å²) in [5.74, 6) is -0.998. The highest BCUT2D eigenvalue weighted by atomic mass is 19.4. The second-order valence-corrected chi connectivity index (χ2v) is 6.10. The molecular formula is C14H17F3N4. The van der Waals surface area contributed by atoms with Crippen LogP contribution >= 0.6 is 0 Å². The van der Waals surface area contributed by atoms with Gasteiger partial charge in [0.05, 0.1) is 5.92 Å². The Morgan fingerprint density at radius 3 is 2.57 bits per heavy atom. The van der Waals surface area contributed by atoms with Crippen LogP contribution in [0.15, 0.2) is 6.07 Å². The van der Waals surface area contributed by atoms with Crippen molar-refractivity contribution < 1.29 is 13.2 Å². The molecule has 1 aromatic rings. The minimum Gasteiger partial charge on any atom is -0.340 e. The summed E-state index contributed by atoms with van der Waals surface area (Å²) in [7, 11) is 0. The van der Waals surface area contributed by atoms with Gasteiger partial charge in [0.25, 0.3) is 0 Å². The Bertz CT molecular complexity index is 575. The van der Waals surface area contributed by atoms with E-state index in [9.17, 15) is 13.2 Å². The number of aromatic nitrogens is 2. The van der Waals surface area contributed by atoms with Gasteiger partial charge in [0.15, 0.2) is 0 Å². The molecule has 0 saturated carbocycles. The number of hydrogen-bond donors (Lipinski definition) is 0. The highest BCUT2D eigenvalue weighted by Crippen LogP contribution is 2.45. The van der Waals surface area contributed by atoms with Gasteiger partial charge in [-0.1, -0.05) is 13.8 Å². The van der Waals surface area contributed by atoms with Gasteiger partial charge in [0.2, 0.25) is 5.95 Å². The van der Waals surface area contributed by atoms with Gasteiger partial charge in [-0.25, -0.2) is 9.97 Å². The Hall–Kier alpha value is -1.84. The van der Waals surface area contributed by atoms with E-state index in [-0.39, 0.29) is 25.2 Å². The molecule has 0 N–H and O–H groups in total. The number of anilines is 1. The van der Waals surface area contributed by atoms with Crippen molar-refractivity contribution in [1.29, 1.82) is 5.26 Å². The monoisotopic (exact) mass is 298 g/mol. The van der Waals surface area contributed by atoms with Gasteiger partial charge in [-0.05, 0) is 24.8 Å². The van der Waals surface area contributed by atoms with Crippen LogP contribution in [0.2, 0.25) is 0 Å².